The van der Waals surface area contributed by atoms with E-state index in [1.807, 2.05) is 67.6 Å². The Kier molecular flexibility index (Phi) is 13.7. The fourth-order valence-corrected chi connectivity index (χ4v) is 7.53. The standard InChI is InChI=1S/C35H47N3O7S/c1-24(2)38(46(43,44)31-21-19-27(20-22-31)26(4)40)30(23-39)18-12-13-25(3)36-34(41)33(37-35(42)45-5)32(28-14-8-6-9-15-28)29-16-10-7-11-17-29/h6-11,14-17,19-22,24-26,30,32-33,39-40H,12-13,18,23H2,1-5H3,(H,36,41)(H,37,42)/t25-,26-,30-,33-/m0/s1. The summed E-state index contributed by atoms with van der Waals surface area (Å²) in [6.45, 7) is 6.61. The van der Waals surface area contributed by atoms with Crippen molar-refractivity contribution in [3.63, 3.8) is 0 Å². The Bertz CT molecular complexity index is 1440. The van der Waals surface area contributed by atoms with Gasteiger partial charge in [0.05, 0.1) is 24.7 Å². The molecular formula is C35H47N3O7S. The number of carbonyl (C=O) groups is 2. The third kappa shape index (κ3) is 9.62. The topological polar surface area (TPSA) is 145 Å². The number of alkyl carbamates (subject to hydrolysis) is 1. The summed E-state index contributed by atoms with van der Waals surface area (Å²) in [5.41, 5.74) is 2.30. The molecule has 46 heavy (non-hydrogen) atoms. The Morgan fingerprint density at radius 2 is 1.35 bits per heavy atom. The molecule has 0 spiro atoms. The van der Waals surface area contributed by atoms with Gasteiger partial charge in [0.25, 0.3) is 0 Å². The predicted molar refractivity (Wildman–Crippen MR) is 178 cm³/mol. The van der Waals surface area contributed by atoms with Crippen LogP contribution in [0.25, 0.3) is 0 Å². The zero-order chi connectivity index (χ0) is 33.9. The second-order valence-corrected chi connectivity index (χ2v) is 13.6. The molecule has 0 aliphatic carbocycles. The molecule has 0 heterocycles. The molecule has 3 rings (SSSR count). The average molecular weight is 654 g/mol. The van der Waals surface area contributed by atoms with E-state index in [0.717, 1.165) is 11.1 Å². The number of sulfonamides is 1. The van der Waals surface area contributed by atoms with Crippen LogP contribution in [0, 0.1) is 0 Å². The Morgan fingerprint density at radius 1 is 0.804 bits per heavy atom. The van der Waals surface area contributed by atoms with Gasteiger partial charge in [-0.1, -0.05) is 72.8 Å². The molecule has 0 bridgehead atoms. The van der Waals surface area contributed by atoms with Crippen molar-refractivity contribution in [3.05, 3.63) is 102 Å². The number of ether oxygens (including phenoxy) is 1. The van der Waals surface area contributed by atoms with Gasteiger partial charge in [-0.3, -0.25) is 4.79 Å². The van der Waals surface area contributed by atoms with Crippen LogP contribution in [0.5, 0.6) is 0 Å². The monoisotopic (exact) mass is 653 g/mol. The molecule has 0 aliphatic heterocycles. The summed E-state index contributed by atoms with van der Waals surface area (Å²) in [6.07, 6.45) is -0.0719. The number of aliphatic hydroxyl groups is 2. The molecule has 0 aliphatic rings. The van der Waals surface area contributed by atoms with Crippen molar-refractivity contribution in [2.45, 2.75) is 88.0 Å². The van der Waals surface area contributed by atoms with Gasteiger partial charge in [-0.15, -0.1) is 0 Å². The second kappa shape index (κ2) is 17.2. The number of aliphatic hydroxyl groups excluding tert-OH is 2. The van der Waals surface area contributed by atoms with Crippen LogP contribution in [0.3, 0.4) is 0 Å². The number of hydrogen-bond acceptors (Lipinski definition) is 7. The van der Waals surface area contributed by atoms with Gasteiger partial charge in [0.15, 0.2) is 0 Å². The van der Waals surface area contributed by atoms with E-state index in [-0.39, 0.29) is 23.5 Å². The van der Waals surface area contributed by atoms with E-state index in [1.165, 1.54) is 23.5 Å². The van der Waals surface area contributed by atoms with Gasteiger partial charge in [0.2, 0.25) is 15.9 Å². The Hall–Kier alpha value is -3.77. The summed E-state index contributed by atoms with van der Waals surface area (Å²) in [6, 6.07) is 22.6. The predicted octanol–water partition coefficient (Wildman–Crippen LogP) is 4.73. The summed E-state index contributed by atoms with van der Waals surface area (Å²) in [4.78, 5) is 26.3. The minimum atomic E-state index is -3.94. The number of methoxy groups -OCH3 is 1. The Morgan fingerprint density at radius 3 is 1.80 bits per heavy atom. The van der Waals surface area contributed by atoms with Gasteiger partial charge in [0, 0.05) is 24.0 Å². The molecule has 250 valence electrons. The first kappa shape index (κ1) is 36.7. The Balaban J connectivity index is 1.74. The highest BCUT2D eigenvalue weighted by Crippen LogP contribution is 2.29. The second-order valence-electron chi connectivity index (χ2n) is 11.8. The van der Waals surface area contributed by atoms with Crippen molar-refractivity contribution in [1.29, 1.82) is 0 Å². The number of nitrogens with one attached hydrogen (secondary N) is 2. The van der Waals surface area contributed by atoms with Gasteiger partial charge >= 0.3 is 6.09 Å². The van der Waals surface area contributed by atoms with Crippen molar-refractivity contribution in [1.82, 2.24) is 14.9 Å². The maximum atomic E-state index is 13.8. The molecule has 2 amide bonds. The van der Waals surface area contributed by atoms with Crippen LogP contribution < -0.4 is 10.6 Å². The van der Waals surface area contributed by atoms with E-state index < -0.39 is 46.3 Å². The molecule has 4 N–H and O–H groups in total. The van der Waals surface area contributed by atoms with Gasteiger partial charge in [-0.2, -0.15) is 4.31 Å². The molecular weight excluding hydrogens is 606 g/mol. The smallest absolute Gasteiger partial charge is 0.407 e. The number of amides is 2. The van der Waals surface area contributed by atoms with E-state index in [4.69, 9.17) is 4.74 Å². The summed E-state index contributed by atoms with van der Waals surface area (Å²) in [7, 11) is -2.70. The van der Waals surface area contributed by atoms with E-state index in [2.05, 4.69) is 10.6 Å². The highest BCUT2D eigenvalue weighted by atomic mass is 32.2. The molecule has 10 nitrogen and oxygen atoms in total. The number of carbonyl (C=O) groups excluding carboxylic acids is 2. The van der Waals surface area contributed by atoms with Crippen molar-refractivity contribution in [2.75, 3.05) is 13.7 Å². The van der Waals surface area contributed by atoms with Crippen LogP contribution in [0.1, 0.15) is 75.7 Å². The number of benzene rings is 3. The van der Waals surface area contributed by atoms with Crippen LogP contribution in [0.15, 0.2) is 89.8 Å². The zero-order valence-electron chi connectivity index (χ0n) is 27.2. The third-order valence-electron chi connectivity index (χ3n) is 7.97. The van der Waals surface area contributed by atoms with Crippen LogP contribution in [0.2, 0.25) is 0 Å². The first-order valence-electron chi connectivity index (χ1n) is 15.6. The molecule has 3 aromatic rings. The first-order valence-corrected chi connectivity index (χ1v) is 17.0. The fourth-order valence-electron chi connectivity index (χ4n) is 5.68. The number of rotatable bonds is 16. The average Bonchev–Trinajstić information content (AvgIpc) is 3.04. The van der Waals surface area contributed by atoms with Gasteiger partial charge < -0.3 is 25.6 Å². The minimum absolute atomic E-state index is 0.0835. The maximum Gasteiger partial charge on any atom is 0.407 e. The number of hydrogen-bond donors (Lipinski definition) is 4. The Labute approximate surface area is 272 Å². The maximum absolute atomic E-state index is 13.8. The molecule has 0 aromatic heterocycles. The lowest BCUT2D eigenvalue weighted by Gasteiger charge is -2.33. The lowest BCUT2D eigenvalue weighted by Crippen LogP contribution is -2.52. The summed E-state index contributed by atoms with van der Waals surface area (Å²) in [5.74, 6) is -0.881. The fraction of sp³-hybridized carbons (Fsp3) is 0.429. The van der Waals surface area contributed by atoms with Crippen molar-refractivity contribution >= 4 is 22.0 Å². The quantitative estimate of drug-likeness (QED) is 0.175. The van der Waals surface area contributed by atoms with E-state index in [1.54, 1.807) is 32.9 Å². The normalized spacial score (nSPS) is 14.5. The van der Waals surface area contributed by atoms with Gasteiger partial charge in [0.1, 0.15) is 6.04 Å². The van der Waals surface area contributed by atoms with Gasteiger partial charge in [-0.05, 0) is 75.8 Å². The molecule has 0 fully saturated rings. The zero-order valence-corrected chi connectivity index (χ0v) is 28.0. The van der Waals surface area contributed by atoms with Crippen LogP contribution in [-0.2, 0) is 19.6 Å². The molecule has 3 aromatic carbocycles. The van der Waals surface area contributed by atoms with E-state index in [0.29, 0.717) is 24.8 Å². The number of nitrogens with zero attached hydrogens (tertiary/aromatic N) is 1. The van der Waals surface area contributed by atoms with Gasteiger partial charge in [-0.25, -0.2) is 13.2 Å². The van der Waals surface area contributed by atoms with Crippen LogP contribution in [-0.4, -0.2) is 72.8 Å². The molecule has 0 unspecified atom stereocenters. The summed E-state index contributed by atoms with van der Waals surface area (Å²) < 4.78 is 33.5. The SMILES string of the molecule is COC(=O)N[C@H](C(=O)N[C@@H](C)CCC[C@@H](CO)N(C(C)C)S(=O)(=O)c1ccc([C@H](C)O)cc1)C(c1ccccc1)c1ccccc1. The van der Waals surface area contributed by atoms with E-state index >= 15 is 0 Å². The molecule has 0 saturated heterocycles. The lowest BCUT2D eigenvalue weighted by atomic mass is 9.84. The van der Waals surface area contributed by atoms with Crippen molar-refractivity contribution in [3.8, 4) is 0 Å². The third-order valence-corrected chi connectivity index (χ3v) is 10.1. The van der Waals surface area contributed by atoms with Crippen molar-refractivity contribution < 1.29 is 33.0 Å². The van der Waals surface area contributed by atoms with Crippen molar-refractivity contribution in [2.24, 2.45) is 0 Å². The van der Waals surface area contributed by atoms with Crippen LogP contribution in [0.4, 0.5) is 4.79 Å². The largest absolute Gasteiger partial charge is 0.453 e. The first-order chi connectivity index (χ1) is 21.9. The highest BCUT2D eigenvalue weighted by Gasteiger charge is 2.35. The summed E-state index contributed by atoms with van der Waals surface area (Å²) >= 11 is 0. The highest BCUT2D eigenvalue weighted by molar-refractivity contribution is 7.89. The molecule has 4 atom stereocenters. The lowest BCUT2D eigenvalue weighted by molar-refractivity contribution is -0.124. The molecule has 0 saturated carbocycles. The molecule has 11 heteroatoms. The van der Waals surface area contributed by atoms with E-state index in [9.17, 15) is 28.2 Å². The van der Waals surface area contributed by atoms with Crippen LogP contribution >= 0.6 is 0 Å². The minimum Gasteiger partial charge on any atom is -0.453 e. The molecule has 0 radical (unpaired) electrons. The summed E-state index contributed by atoms with van der Waals surface area (Å²) in [5, 5.41) is 25.8.